The van der Waals surface area contributed by atoms with Crippen molar-refractivity contribution in [1.29, 1.82) is 5.26 Å². The van der Waals surface area contributed by atoms with Gasteiger partial charge >= 0.3 is 0 Å². The molecule has 0 bridgehead atoms. The number of non-ortho nitro benzene ring substituents is 1. The van der Waals surface area contributed by atoms with E-state index in [2.05, 4.69) is 0 Å². The number of hydrogen-bond acceptors (Lipinski definition) is 5. The minimum Gasteiger partial charge on any atom is -0.258 e. The van der Waals surface area contributed by atoms with Gasteiger partial charge in [0.05, 0.1) is 21.1 Å². The van der Waals surface area contributed by atoms with Gasteiger partial charge in [-0.05, 0) is 12.5 Å². The van der Waals surface area contributed by atoms with E-state index in [1.807, 2.05) is 0 Å². The zero-order valence-electron chi connectivity index (χ0n) is 9.17. The largest absolute Gasteiger partial charge is 0.270 e. The van der Waals surface area contributed by atoms with Crippen molar-refractivity contribution in [1.82, 2.24) is 0 Å². The molecule has 0 atom stereocenters. The van der Waals surface area contributed by atoms with Crippen molar-refractivity contribution in [3.05, 3.63) is 33.9 Å². The molecular formula is C10H9ClN2O4S. The number of nitro groups is 1. The standard InChI is InChI=1S/C10H9ClN2O4S/c11-4-1-5-18(16,17)10-3-2-9(13(14)15)6-8(10)7-12/h2-3,6H,1,4-5H2. The zero-order chi connectivity index (χ0) is 13.8. The molecule has 0 saturated heterocycles. The summed E-state index contributed by atoms with van der Waals surface area (Å²) in [5, 5.41) is 19.4. The molecule has 1 aromatic carbocycles. The van der Waals surface area contributed by atoms with Crippen LogP contribution < -0.4 is 0 Å². The highest BCUT2D eigenvalue weighted by atomic mass is 35.5. The lowest BCUT2D eigenvalue weighted by molar-refractivity contribution is -0.384. The van der Waals surface area contributed by atoms with E-state index < -0.39 is 14.8 Å². The number of nitriles is 1. The van der Waals surface area contributed by atoms with E-state index in [1.54, 1.807) is 6.07 Å². The number of benzene rings is 1. The van der Waals surface area contributed by atoms with Crippen molar-refractivity contribution in [2.45, 2.75) is 11.3 Å². The molecule has 0 amide bonds. The number of alkyl halides is 1. The van der Waals surface area contributed by atoms with Crippen molar-refractivity contribution >= 4 is 27.1 Å². The minimum atomic E-state index is -3.64. The molecular weight excluding hydrogens is 280 g/mol. The first-order valence-electron chi connectivity index (χ1n) is 4.89. The molecule has 0 unspecified atom stereocenters. The first kappa shape index (κ1) is 14.4. The van der Waals surface area contributed by atoms with Crippen LogP contribution in [0, 0.1) is 21.4 Å². The van der Waals surface area contributed by atoms with Gasteiger partial charge in [0.1, 0.15) is 6.07 Å². The molecule has 0 radical (unpaired) electrons. The fourth-order valence-corrected chi connectivity index (χ4v) is 3.10. The smallest absolute Gasteiger partial charge is 0.258 e. The summed E-state index contributed by atoms with van der Waals surface area (Å²) in [4.78, 5) is 9.65. The van der Waals surface area contributed by atoms with Gasteiger partial charge < -0.3 is 0 Å². The molecule has 8 heteroatoms. The molecule has 0 saturated carbocycles. The summed E-state index contributed by atoms with van der Waals surface area (Å²) >= 11 is 5.42. The van der Waals surface area contributed by atoms with E-state index in [0.717, 1.165) is 18.2 Å². The van der Waals surface area contributed by atoms with Gasteiger partial charge in [0.2, 0.25) is 0 Å². The molecule has 6 nitrogen and oxygen atoms in total. The van der Waals surface area contributed by atoms with Gasteiger partial charge in [0.15, 0.2) is 9.84 Å². The highest BCUT2D eigenvalue weighted by Crippen LogP contribution is 2.22. The Balaban J connectivity index is 3.26. The molecule has 1 aromatic rings. The number of sulfone groups is 1. The number of hydrogen-bond donors (Lipinski definition) is 0. The van der Waals surface area contributed by atoms with Crippen LogP contribution in [-0.4, -0.2) is 25.0 Å². The molecule has 1 rings (SSSR count). The Bertz CT molecular complexity index is 607. The fraction of sp³-hybridized carbons (Fsp3) is 0.300. The Morgan fingerprint density at radius 2 is 2.11 bits per heavy atom. The molecule has 0 aliphatic rings. The second-order valence-corrected chi connectivity index (χ2v) is 5.87. The van der Waals surface area contributed by atoms with Crippen LogP contribution in [-0.2, 0) is 9.84 Å². The van der Waals surface area contributed by atoms with Gasteiger partial charge in [-0.25, -0.2) is 8.42 Å². The summed E-state index contributed by atoms with van der Waals surface area (Å²) in [5.41, 5.74) is -0.540. The van der Waals surface area contributed by atoms with Crippen molar-refractivity contribution < 1.29 is 13.3 Å². The topological polar surface area (TPSA) is 101 Å². The van der Waals surface area contributed by atoms with Crippen LogP contribution >= 0.6 is 11.6 Å². The Labute approximate surface area is 109 Å². The molecule has 0 heterocycles. The van der Waals surface area contributed by atoms with Crippen LogP contribution in [0.3, 0.4) is 0 Å². The predicted molar refractivity (Wildman–Crippen MR) is 65.2 cm³/mol. The van der Waals surface area contributed by atoms with E-state index >= 15 is 0 Å². The van der Waals surface area contributed by atoms with Gasteiger partial charge in [-0.15, -0.1) is 11.6 Å². The third-order valence-electron chi connectivity index (χ3n) is 2.18. The van der Waals surface area contributed by atoms with Crippen LogP contribution in [0.15, 0.2) is 23.1 Å². The lowest BCUT2D eigenvalue weighted by Crippen LogP contribution is -2.09. The van der Waals surface area contributed by atoms with Crippen molar-refractivity contribution in [3.8, 4) is 6.07 Å². The van der Waals surface area contributed by atoms with Crippen LogP contribution in [0.4, 0.5) is 5.69 Å². The van der Waals surface area contributed by atoms with Gasteiger partial charge in [-0.2, -0.15) is 5.26 Å². The number of nitrogens with zero attached hydrogens (tertiary/aromatic N) is 2. The lowest BCUT2D eigenvalue weighted by atomic mass is 10.2. The predicted octanol–water partition coefficient (Wildman–Crippen LogP) is 1.87. The molecule has 0 N–H and O–H groups in total. The maximum atomic E-state index is 11.9. The Morgan fingerprint density at radius 1 is 1.44 bits per heavy atom. The van der Waals surface area contributed by atoms with Crippen molar-refractivity contribution in [2.75, 3.05) is 11.6 Å². The Hall–Kier alpha value is -1.65. The Kier molecular flexibility index (Phi) is 4.64. The average molecular weight is 289 g/mol. The zero-order valence-corrected chi connectivity index (χ0v) is 10.7. The van der Waals surface area contributed by atoms with Crippen LogP contribution in [0.1, 0.15) is 12.0 Å². The lowest BCUT2D eigenvalue weighted by Gasteiger charge is -2.05. The van der Waals surface area contributed by atoms with Crippen LogP contribution in [0.25, 0.3) is 0 Å². The summed E-state index contributed by atoms with van der Waals surface area (Å²) in [6.45, 7) is 0. The molecule has 0 aliphatic heterocycles. The summed E-state index contributed by atoms with van der Waals surface area (Å²) in [6.07, 6.45) is 0.256. The number of halogens is 1. The average Bonchev–Trinajstić information content (AvgIpc) is 2.35. The first-order chi connectivity index (χ1) is 8.42. The van der Waals surface area contributed by atoms with Gasteiger partial charge in [-0.3, -0.25) is 10.1 Å². The molecule has 0 spiro atoms. The maximum Gasteiger partial charge on any atom is 0.270 e. The second-order valence-electron chi connectivity index (χ2n) is 3.41. The minimum absolute atomic E-state index is 0.189. The monoisotopic (exact) mass is 288 g/mol. The summed E-state index contributed by atoms with van der Waals surface area (Å²) in [7, 11) is -3.64. The summed E-state index contributed by atoms with van der Waals surface area (Å²) in [5.74, 6) is -0.00289. The second kappa shape index (κ2) is 5.80. The quantitative estimate of drug-likeness (QED) is 0.467. The SMILES string of the molecule is N#Cc1cc([N+](=O)[O-])ccc1S(=O)(=O)CCCCl. The highest BCUT2D eigenvalue weighted by Gasteiger charge is 2.21. The summed E-state index contributed by atoms with van der Waals surface area (Å²) < 4.78 is 23.7. The molecule has 18 heavy (non-hydrogen) atoms. The third-order valence-corrected chi connectivity index (χ3v) is 4.30. The number of rotatable bonds is 5. The van der Waals surface area contributed by atoms with E-state index in [-0.39, 0.29) is 34.2 Å². The van der Waals surface area contributed by atoms with E-state index in [1.165, 1.54) is 0 Å². The van der Waals surface area contributed by atoms with Crippen molar-refractivity contribution in [2.24, 2.45) is 0 Å². The Morgan fingerprint density at radius 3 is 2.61 bits per heavy atom. The number of nitro benzene ring substituents is 1. The van der Waals surface area contributed by atoms with Gasteiger partial charge in [-0.1, -0.05) is 0 Å². The van der Waals surface area contributed by atoms with Crippen molar-refractivity contribution in [3.63, 3.8) is 0 Å². The van der Waals surface area contributed by atoms with E-state index in [9.17, 15) is 18.5 Å². The molecule has 0 aromatic heterocycles. The van der Waals surface area contributed by atoms with Crippen LogP contribution in [0.5, 0.6) is 0 Å². The van der Waals surface area contributed by atoms with E-state index in [0.29, 0.717) is 0 Å². The molecule has 0 fully saturated rings. The summed E-state index contributed by atoms with van der Waals surface area (Å²) in [6, 6.07) is 4.76. The molecule has 96 valence electrons. The first-order valence-corrected chi connectivity index (χ1v) is 7.08. The third kappa shape index (κ3) is 3.18. The fourth-order valence-electron chi connectivity index (χ4n) is 1.34. The van der Waals surface area contributed by atoms with Gasteiger partial charge in [0.25, 0.3) is 5.69 Å². The van der Waals surface area contributed by atoms with Crippen LogP contribution in [0.2, 0.25) is 0 Å². The maximum absolute atomic E-state index is 11.9. The normalized spacial score (nSPS) is 10.9. The highest BCUT2D eigenvalue weighted by molar-refractivity contribution is 7.91. The van der Waals surface area contributed by atoms with E-state index in [4.69, 9.17) is 16.9 Å². The molecule has 0 aliphatic carbocycles. The van der Waals surface area contributed by atoms with Gasteiger partial charge in [0, 0.05) is 18.0 Å².